The first kappa shape index (κ1) is 15.6. The zero-order valence-electron chi connectivity index (χ0n) is 10.7. The number of carbonyl (C=O) groups is 1. The normalized spacial score (nSPS) is 12.1. The highest BCUT2D eigenvalue weighted by molar-refractivity contribution is 5.81. The first-order valence-electron chi connectivity index (χ1n) is 5.76. The molecule has 1 aromatic heterocycles. The fraction of sp³-hybridized carbons (Fsp3) is 0.727. The van der Waals surface area contributed by atoms with Crippen molar-refractivity contribution >= 4 is 5.78 Å². The van der Waals surface area contributed by atoms with Gasteiger partial charge in [-0.3, -0.25) is 4.79 Å². The van der Waals surface area contributed by atoms with E-state index in [1.807, 2.05) is 0 Å². The molecule has 0 spiro atoms. The van der Waals surface area contributed by atoms with E-state index >= 15 is 0 Å². The average Bonchev–Trinajstić information content (AvgIpc) is 2.71. The quantitative estimate of drug-likeness (QED) is 0.714. The van der Waals surface area contributed by atoms with Crippen LogP contribution in [0.4, 0.5) is 13.2 Å². The van der Waals surface area contributed by atoms with E-state index in [-0.39, 0.29) is 42.9 Å². The summed E-state index contributed by atoms with van der Waals surface area (Å²) in [4.78, 5) is 15.3. The molecule has 0 aliphatic carbocycles. The second-order valence-corrected chi connectivity index (χ2v) is 4.32. The fourth-order valence-corrected chi connectivity index (χ4v) is 1.17. The van der Waals surface area contributed by atoms with Crippen molar-refractivity contribution in [3.05, 3.63) is 11.7 Å². The first-order valence-corrected chi connectivity index (χ1v) is 5.76. The average molecular weight is 280 g/mol. The molecule has 0 fully saturated rings. The maximum Gasteiger partial charge on any atom is 0.411 e. The van der Waals surface area contributed by atoms with Gasteiger partial charge in [-0.1, -0.05) is 19.0 Å². The maximum atomic E-state index is 11.8. The SMILES string of the molecule is CC(C)C(=O)Cc1nc(CCOCC(F)(F)F)no1. The molecule has 0 aliphatic heterocycles. The van der Waals surface area contributed by atoms with Crippen LogP contribution in [0.15, 0.2) is 4.52 Å². The molecule has 5 nitrogen and oxygen atoms in total. The molecule has 0 aromatic carbocycles. The lowest BCUT2D eigenvalue weighted by atomic mass is 10.1. The molecule has 0 saturated carbocycles. The van der Waals surface area contributed by atoms with Crippen molar-refractivity contribution in [2.45, 2.75) is 32.9 Å². The minimum Gasteiger partial charge on any atom is -0.372 e. The van der Waals surface area contributed by atoms with Gasteiger partial charge in [0.1, 0.15) is 12.4 Å². The molecule has 19 heavy (non-hydrogen) atoms. The third-order valence-corrected chi connectivity index (χ3v) is 2.22. The van der Waals surface area contributed by atoms with Gasteiger partial charge in [0.2, 0.25) is 5.89 Å². The minimum absolute atomic E-state index is 0.0358. The molecule has 108 valence electrons. The Morgan fingerprint density at radius 1 is 1.42 bits per heavy atom. The molecular formula is C11H15F3N2O3. The molecular weight excluding hydrogens is 265 g/mol. The van der Waals surface area contributed by atoms with Gasteiger partial charge in [0, 0.05) is 12.3 Å². The van der Waals surface area contributed by atoms with Crippen LogP contribution in [0.25, 0.3) is 0 Å². The van der Waals surface area contributed by atoms with Gasteiger partial charge in [-0.15, -0.1) is 0 Å². The van der Waals surface area contributed by atoms with E-state index in [1.165, 1.54) is 0 Å². The zero-order chi connectivity index (χ0) is 14.5. The highest BCUT2D eigenvalue weighted by atomic mass is 19.4. The molecule has 0 unspecified atom stereocenters. The Morgan fingerprint density at radius 3 is 2.68 bits per heavy atom. The summed E-state index contributed by atoms with van der Waals surface area (Å²) >= 11 is 0. The summed E-state index contributed by atoms with van der Waals surface area (Å²) in [5.41, 5.74) is 0. The number of ether oxygens (including phenoxy) is 1. The summed E-state index contributed by atoms with van der Waals surface area (Å²) in [6.07, 6.45) is -4.20. The summed E-state index contributed by atoms with van der Waals surface area (Å²) < 4.78 is 44.6. The van der Waals surface area contributed by atoms with Crippen LogP contribution in [0.3, 0.4) is 0 Å². The van der Waals surface area contributed by atoms with E-state index < -0.39 is 12.8 Å². The lowest BCUT2D eigenvalue weighted by molar-refractivity contribution is -0.173. The summed E-state index contributed by atoms with van der Waals surface area (Å²) in [6.45, 7) is 2.05. The lowest BCUT2D eigenvalue weighted by Gasteiger charge is -2.05. The predicted molar refractivity (Wildman–Crippen MR) is 58.4 cm³/mol. The largest absolute Gasteiger partial charge is 0.411 e. The van der Waals surface area contributed by atoms with E-state index in [9.17, 15) is 18.0 Å². The van der Waals surface area contributed by atoms with E-state index in [0.29, 0.717) is 0 Å². The molecule has 1 aromatic rings. The van der Waals surface area contributed by atoms with Crippen LogP contribution < -0.4 is 0 Å². The Hall–Kier alpha value is -1.44. The summed E-state index contributed by atoms with van der Waals surface area (Å²) in [5, 5.41) is 3.56. The second kappa shape index (κ2) is 6.65. The van der Waals surface area contributed by atoms with Crippen LogP contribution in [0.1, 0.15) is 25.6 Å². The Morgan fingerprint density at radius 2 is 2.11 bits per heavy atom. The van der Waals surface area contributed by atoms with Crippen molar-refractivity contribution in [1.82, 2.24) is 10.1 Å². The molecule has 0 bridgehead atoms. The molecule has 1 rings (SSSR count). The van der Waals surface area contributed by atoms with Gasteiger partial charge >= 0.3 is 6.18 Å². The van der Waals surface area contributed by atoms with E-state index in [4.69, 9.17) is 4.52 Å². The molecule has 0 amide bonds. The molecule has 0 radical (unpaired) electrons. The fourth-order valence-electron chi connectivity index (χ4n) is 1.17. The third-order valence-electron chi connectivity index (χ3n) is 2.22. The topological polar surface area (TPSA) is 65.2 Å². The number of rotatable bonds is 7. The molecule has 0 N–H and O–H groups in total. The van der Waals surface area contributed by atoms with Crippen LogP contribution >= 0.6 is 0 Å². The number of nitrogens with zero attached hydrogens (tertiary/aromatic N) is 2. The molecule has 1 heterocycles. The van der Waals surface area contributed by atoms with E-state index in [2.05, 4.69) is 14.9 Å². The first-order chi connectivity index (χ1) is 8.78. The monoisotopic (exact) mass is 280 g/mol. The van der Waals surface area contributed by atoms with Crippen LogP contribution in [-0.4, -0.2) is 35.3 Å². The van der Waals surface area contributed by atoms with Crippen molar-refractivity contribution in [3.63, 3.8) is 0 Å². The summed E-state index contributed by atoms with van der Waals surface area (Å²) in [6, 6.07) is 0. The van der Waals surface area contributed by atoms with Crippen LogP contribution in [-0.2, 0) is 22.4 Å². The number of hydrogen-bond donors (Lipinski definition) is 0. The third kappa shape index (κ3) is 6.32. The number of hydrogen-bond acceptors (Lipinski definition) is 5. The number of aromatic nitrogens is 2. The standard InChI is InChI=1S/C11H15F3N2O3/c1-7(2)8(17)5-10-15-9(16-19-10)3-4-18-6-11(12,13)14/h7H,3-6H2,1-2H3. The predicted octanol–water partition coefficient (Wildman–Crippen LogP) is 1.96. The lowest BCUT2D eigenvalue weighted by Crippen LogP contribution is -2.18. The van der Waals surface area contributed by atoms with Gasteiger partial charge in [0.05, 0.1) is 13.0 Å². The van der Waals surface area contributed by atoms with Gasteiger partial charge in [-0.25, -0.2) is 0 Å². The van der Waals surface area contributed by atoms with E-state index in [1.54, 1.807) is 13.8 Å². The Balaban J connectivity index is 2.33. The maximum absolute atomic E-state index is 11.8. The number of carbonyl (C=O) groups excluding carboxylic acids is 1. The van der Waals surface area contributed by atoms with Crippen LogP contribution in [0.5, 0.6) is 0 Å². The number of alkyl halides is 3. The van der Waals surface area contributed by atoms with Crippen LogP contribution in [0, 0.1) is 5.92 Å². The highest BCUT2D eigenvalue weighted by Crippen LogP contribution is 2.14. The molecule has 0 saturated heterocycles. The van der Waals surface area contributed by atoms with E-state index in [0.717, 1.165) is 0 Å². The molecule has 8 heteroatoms. The van der Waals surface area contributed by atoms with Crippen molar-refractivity contribution < 1.29 is 27.2 Å². The van der Waals surface area contributed by atoms with Crippen LogP contribution in [0.2, 0.25) is 0 Å². The van der Waals surface area contributed by atoms with Gasteiger partial charge in [-0.2, -0.15) is 18.2 Å². The number of Topliss-reactive ketones (excluding diaryl/α,β-unsaturated/α-hetero) is 1. The minimum atomic E-state index is -4.34. The zero-order valence-corrected chi connectivity index (χ0v) is 10.7. The number of ketones is 1. The molecule has 0 atom stereocenters. The molecule has 0 aliphatic rings. The number of halogens is 3. The van der Waals surface area contributed by atoms with Gasteiger partial charge in [0.15, 0.2) is 5.82 Å². The Labute approximate surface area is 108 Å². The smallest absolute Gasteiger partial charge is 0.372 e. The second-order valence-electron chi connectivity index (χ2n) is 4.32. The summed E-state index contributed by atoms with van der Waals surface area (Å²) in [5.74, 6) is 0.229. The van der Waals surface area contributed by atoms with Crippen molar-refractivity contribution in [2.24, 2.45) is 5.92 Å². The van der Waals surface area contributed by atoms with Crippen molar-refractivity contribution in [1.29, 1.82) is 0 Å². The van der Waals surface area contributed by atoms with Gasteiger partial charge < -0.3 is 9.26 Å². The Kier molecular flexibility index (Phi) is 5.46. The van der Waals surface area contributed by atoms with Gasteiger partial charge in [-0.05, 0) is 0 Å². The Bertz CT molecular complexity index is 416. The van der Waals surface area contributed by atoms with Crippen molar-refractivity contribution in [3.8, 4) is 0 Å². The van der Waals surface area contributed by atoms with Crippen molar-refractivity contribution in [2.75, 3.05) is 13.2 Å². The summed E-state index contributed by atoms with van der Waals surface area (Å²) in [7, 11) is 0. The highest BCUT2D eigenvalue weighted by Gasteiger charge is 2.27. The van der Waals surface area contributed by atoms with Gasteiger partial charge in [0.25, 0.3) is 0 Å².